The Balaban J connectivity index is 1.59. The number of anilines is 2. The predicted molar refractivity (Wildman–Crippen MR) is 102 cm³/mol. The molecule has 1 saturated heterocycles. The number of hydrogen-bond donors (Lipinski definition) is 2. The Morgan fingerprint density at radius 2 is 1.76 bits per heavy atom. The van der Waals surface area contributed by atoms with Gasteiger partial charge >= 0.3 is 0 Å². The van der Waals surface area contributed by atoms with Gasteiger partial charge in [-0.1, -0.05) is 12.1 Å². The molecule has 0 aromatic heterocycles. The van der Waals surface area contributed by atoms with Crippen LogP contribution in [0.1, 0.15) is 31.4 Å². The molecule has 0 amide bonds. The van der Waals surface area contributed by atoms with Crippen LogP contribution in [0.25, 0.3) is 0 Å². The van der Waals surface area contributed by atoms with Gasteiger partial charge < -0.3 is 15.5 Å². The second kappa shape index (κ2) is 7.78. The zero-order valence-electron chi connectivity index (χ0n) is 14.1. The van der Waals surface area contributed by atoms with E-state index in [4.69, 9.17) is 12.2 Å². The van der Waals surface area contributed by atoms with E-state index in [1.165, 1.54) is 30.7 Å². The Kier molecular flexibility index (Phi) is 5.48. The topological polar surface area (TPSA) is 27.3 Å². The Labute approximate surface area is 152 Å². The normalized spacial score (nSPS) is 15.1. The van der Waals surface area contributed by atoms with E-state index in [1.807, 2.05) is 6.92 Å². The van der Waals surface area contributed by atoms with Crippen LogP contribution in [0.15, 0.2) is 42.5 Å². The van der Waals surface area contributed by atoms with E-state index in [-0.39, 0.29) is 11.7 Å². The molecule has 0 spiro atoms. The van der Waals surface area contributed by atoms with Gasteiger partial charge in [0.25, 0.3) is 0 Å². The van der Waals surface area contributed by atoms with Gasteiger partial charge in [0.05, 0.1) is 11.7 Å². The maximum atomic E-state index is 13.7. The van der Waals surface area contributed by atoms with Gasteiger partial charge in [0, 0.05) is 24.8 Å². The molecule has 0 radical (unpaired) electrons. The SMILES string of the molecule is C[C@H](NC(=S)Nc1ccc(F)cc1F)c1ccc(N2CCCC2)cc1. The summed E-state index contributed by atoms with van der Waals surface area (Å²) >= 11 is 5.23. The number of benzene rings is 2. The highest BCUT2D eigenvalue weighted by molar-refractivity contribution is 7.80. The Bertz CT molecular complexity index is 743. The van der Waals surface area contributed by atoms with Crippen molar-refractivity contribution in [2.45, 2.75) is 25.8 Å². The average molecular weight is 361 g/mol. The van der Waals surface area contributed by atoms with Crippen LogP contribution in [0, 0.1) is 11.6 Å². The Hall–Kier alpha value is -2.21. The molecule has 1 atom stereocenters. The highest BCUT2D eigenvalue weighted by Gasteiger charge is 2.13. The molecule has 0 unspecified atom stereocenters. The monoisotopic (exact) mass is 361 g/mol. The van der Waals surface area contributed by atoms with Gasteiger partial charge in [-0.15, -0.1) is 0 Å². The number of nitrogens with zero attached hydrogens (tertiary/aromatic N) is 1. The minimum atomic E-state index is -0.674. The van der Waals surface area contributed by atoms with Crippen LogP contribution in [0.4, 0.5) is 20.2 Å². The van der Waals surface area contributed by atoms with Gasteiger partial charge in [-0.05, 0) is 61.8 Å². The van der Waals surface area contributed by atoms with Crippen LogP contribution in [0.2, 0.25) is 0 Å². The first-order valence-corrected chi connectivity index (χ1v) is 8.81. The fourth-order valence-electron chi connectivity index (χ4n) is 2.98. The van der Waals surface area contributed by atoms with Gasteiger partial charge in [-0.3, -0.25) is 0 Å². The molecule has 2 aromatic carbocycles. The van der Waals surface area contributed by atoms with Crippen molar-refractivity contribution in [2.75, 3.05) is 23.3 Å². The Morgan fingerprint density at radius 1 is 1.08 bits per heavy atom. The van der Waals surface area contributed by atoms with Crippen molar-refractivity contribution >= 4 is 28.7 Å². The van der Waals surface area contributed by atoms with E-state index < -0.39 is 11.6 Å². The van der Waals surface area contributed by atoms with E-state index in [0.29, 0.717) is 5.11 Å². The molecule has 1 aliphatic heterocycles. The lowest BCUT2D eigenvalue weighted by atomic mass is 10.1. The molecule has 0 saturated carbocycles. The minimum Gasteiger partial charge on any atom is -0.372 e. The van der Waals surface area contributed by atoms with Crippen LogP contribution in [0.3, 0.4) is 0 Å². The highest BCUT2D eigenvalue weighted by Crippen LogP contribution is 2.23. The zero-order valence-corrected chi connectivity index (χ0v) is 14.9. The first-order valence-electron chi connectivity index (χ1n) is 8.40. The van der Waals surface area contributed by atoms with Crippen molar-refractivity contribution in [3.8, 4) is 0 Å². The van der Waals surface area contributed by atoms with Crippen LogP contribution in [-0.4, -0.2) is 18.2 Å². The molecular weight excluding hydrogens is 340 g/mol. The molecule has 1 heterocycles. The van der Waals surface area contributed by atoms with E-state index in [9.17, 15) is 8.78 Å². The van der Waals surface area contributed by atoms with Gasteiger partial charge in [0.2, 0.25) is 0 Å². The lowest BCUT2D eigenvalue weighted by Crippen LogP contribution is -2.31. The van der Waals surface area contributed by atoms with Gasteiger partial charge in [-0.25, -0.2) is 8.78 Å². The average Bonchev–Trinajstić information content (AvgIpc) is 3.12. The van der Waals surface area contributed by atoms with E-state index in [1.54, 1.807) is 0 Å². The first-order chi connectivity index (χ1) is 12.0. The quantitative estimate of drug-likeness (QED) is 0.778. The standard InChI is InChI=1S/C19H21F2N3S/c1-13(14-4-7-16(8-5-14)24-10-2-3-11-24)22-19(25)23-18-9-6-15(20)12-17(18)21/h4-9,12-13H,2-3,10-11H2,1H3,(H2,22,23,25)/t13-/m0/s1. The molecule has 3 nitrogen and oxygen atoms in total. The number of hydrogen-bond acceptors (Lipinski definition) is 2. The molecule has 25 heavy (non-hydrogen) atoms. The molecule has 1 fully saturated rings. The molecule has 3 rings (SSSR count). The Morgan fingerprint density at radius 3 is 2.40 bits per heavy atom. The fraction of sp³-hybridized carbons (Fsp3) is 0.316. The predicted octanol–water partition coefficient (Wildman–Crippen LogP) is 4.61. The second-order valence-electron chi connectivity index (χ2n) is 6.23. The summed E-state index contributed by atoms with van der Waals surface area (Å²) in [7, 11) is 0. The van der Waals surface area contributed by atoms with Gasteiger partial charge in [-0.2, -0.15) is 0 Å². The molecule has 0 aliphatic carbocycles. The fourth-order valence-corrected chi connectivity index (χ4v) is 3.27. The van der Waals surface area contributed by atoms with Crippen molar-refractivity contribution in [3.63, 3.8) is 0 Å². The molecule has 1 aliphatic rings. The maximum Gasteiger partial charge on any atom is 0.171 e. The van der Waals surface area contributed by atoms with Gasteiger partial charge in [0.15, 0.2) is 5.11 Å². The van der Waals surface area contributed by atoms with Crippen molar-refractivity contribution in [2.24, 2.45) is 0 Å². The summed E-state index contributed by atoms with van der Waals surface area (Å²) in [6.45, 7) is 4.22. The van der Waals surface area contributed by atoms with Gasteiger partial charge in [0.1, 0.15) is 11.6 Å². The number of halogens is 2. The van der Waals surface area contributed by atoms with E-state index in [2.05, 4.69) is 39.8 Å². The van der Waals surface area contributed by atoms with Crippen LogP contribution < -0.4 is 15.5 Å². The van der Waals surface area contributed by atoms with Crippen molar-refractivity contribution < 1.29 is 8.78 Å². The summed E-state index contributed by atoms with van der Waals surface area (Å²) in [4.78, 5) is 2.38. The molecule has 6 heteroatoms. The third-order valence-electron chi connectivity index (χ3n) is 4.39. The molecule has 0 bridgehead atoms. The zero-order chi connectivity index (χ0) is 17.8. The summed E-state index contributed by atoms with van der Waals surface area (Å²) in [5.74, 6) is -1.29. The molecule has 132 valence electrons. The van der Waals surface area contributed by atoms with Crippen molar-refractivity contribution in [1.82, 2.24) is 5.32 Å². The largest absolute Gasteiger partial charge is 0.372 e. The summed E-state index contributed by atoms with van der Waals surface area (Å²) in [6.07, 6.45) is 2.50. The summed E-state index contributed by atoms with van der Waals surface area (Å²) < 4.78 is 26.6. The molecule has 2 aromatic rings. The smallest absolute Gasteiger partial charge is 0.171 e. The van der Waals surface area contributed by atoms with E-state index >= 15 is 0 Å². The number of thiocarbonyl (C=S) groups is 1. The maximum absolute atomic E-state index is 13.7. The lowest BCUT2D eigenvalue weighted by Gasteiger charge is -2.20. The third kappa shape index (κ3) is 4.45. The van der Waals surface area contributed by atoms with Crippen molar-refractivity contribution in [3.05, 3.63) is 59.7 Å². The van der Waals surface area contributed by atoms with Crippen LogP contribution in [-0.2, 0) is 0 Å². The van der Waals surface area contributed by atoms with Crippen LogP contribution in [0.5, 0.6) is 0 Å². The van der Waals surface area contributed by atoms with E-state index in [0.717, 1.165) is 24.7 Å². The van der Waals surface area contributed by atoms with Crippen LogP contribution >= 0.6 is 12.2 Å². The molecular formula is C19H21F2N3S. The summed E-state index contributed by atoms with van der Waals surface area (Å²) in [5.41, 5.74) is 2.48. The highest BCUT2D eigenvalue weighted by atomic mass is 32.1. The van der Waals surface area contributed by atoms with Crippen molar-refractivity contribution in [1.29, 1.82) is 0 Å². The third-order valence-corrected chi connectivity index (χ3v) is 4.61. The first kappa shape index (κ1) is 17.6. The summed E-state index contributed by atoms with van der Waals surface area (Å²) in [5, 5.41) is 6.18. The lowest BCUT2D eigenvalue weighted by molar-refractivity contribution is 0.586. The number of nitrogens with one attached hydrogen (secondary N) is 2. The second-order valence-corrected chi connectivity index (χ2v) is 6.64. The molecule has 2 N–H and O–H groups in total. The summed E-state index contributed by atoms with van der Waals surface area (Å²) in [6, 6.07) is 11.7. The minimum absolute atomic E-state index is 0.0314. The number of rotatable bonds is 4.